The van der Waals surface area contributed by atoms with E-state index in [4.69, 9.17) is 11.5 Å². The van der Waals surface area contributed by atoms with Crippen LogP contribution in [0.15, 0.2) is 0 Å². The van der Waals surface area contributed by atoms with Gasteiger partial charge in [0.05, 0.1) is 0 Å². The molecule has 0 spiro atoms. The summed E-state index contributed by atoms with van der Waals surface area (Å²) in [6.45, 7) is 3.71. The molecule has 0 aliphatic carbocycles. The van der Waals surface area contributed by atoms with Gasteiger partial charge in [-0.25, -0.2) is 0 Å². The molecule has 16 heavy (non-hydrogen) atoms. The Morgan fingerprint density at radius 2 is 0.938 bits per heavy atom. The first kappa shape index (κ1) is 44.9. The molecular weight excluding hydrogens is 222 g/mol. The molecule has 0 radical (unpaired) electrons. The van der Waals surface area contributed by atoms with Crippen LogP contribution in [0.5, 0.6) is 0 Å². The van der Waals surface area contributed by atoms with Crippen molar-refractivity contribution in [3.63, 3.8) is 0 Å². The monoisotopic (exact) mass is 253 g/mol. The van der Waals surface area contributed by atoms with E-state index in [9.17, 15) is 0 Å². The van der Waals surface area contributed by atoms with Gasteiger partial charge in [-0.2, -0.15) is 0 Å². The van der Waals surface area contributed by atoms with E-state index in [1.54, 1.807) is 0 Å². The van der Waals surface area contributed by atoms with Crippen LogP contribution in [0.4, 0.5) is 0 Å². The quantitative estimate of drug-likeness (QED) is 0.376. The molecule has 0 fully saturated rings. The number of unbranched alkanes of at least 4 members (excludes halogenated alkanes) is 1. The second-order valence-corrected chi connectivity index (χ2v) is 2.39. The van der Waals surface area contributed by atoms with Crippen LogP contribution in [-0.2, 0) is 0 Å². The van der Waals surface area contributed by atoms with Crippen molar-refractivity contribution in [2.75, 3.05) is 26.2 Å². The van der Waals surface area contributed by atoms with E-state index in [2.05, 4.69) is 5.32 Å². The summed E-state index contributed by atoms with van der Waals surface area (Å²) in [6.07, 6.45) is 3.37. The highest BCUT2D eigenvalue weighted by molar-refractivity contribution is 4.49. The molecule has 17 N–H and O–H groups in total. The van der Waals surface area contributed by atoms with Gasteiger partial charge in [0.15, 0.2) is 0 Å². The third-order valence-electron chi connectivity index (χ3n) is 1.37. The molecule has 110 valence electrons. The van der Waals surface area contributed by atoms with E-state index < -0.39 is 0 Å². The molecule has 0 unspecified atom stereocenters. The van der Waals surface area contributed by atoms with Crippen molar-refractivity contribution in [3.05, 3.63) is 0 Å². The first-order valence-electron chi connectivity index (χ1n) is 4.02. The normalized spacial score (nSPS) is 6.38. The van der Waals surface area contributed by atoms with Crippen molar-refractivity contribution < 1.29 is 32.9 Å². The Balaban J connectivity index is -0.0000000270. The fourth-order valence-electron chi connectivity index (χ4n) is 0.746. The summed E-state index contributed by atoms with van der Waals surface area (Å²) < 4.78 is 0. The van der Waals surface area contributed by atoms with Gasteiger partial charge in [0, 0.05) is 0 Å². The molecule has 0 aliphatic heterocycles. The maximum atomic E-state index is 5.32. The summed E-state index contributed by atoms with van der Waals surface area (Å²) in [6, 6.07) is 0. The van der Waals surface area contributed by atoms with Crippen molar-refractivity contribution in [2.24, 2.45) is 11.5 Å². The predicted molar refractivity (Wildman–Crippen MR) is 66.5 cm³/mol. The van der Waals surface area contributed by atoms with Crippen LogP contribution in [0.3, 0.4) is 0 Å². The maximum absolute atomic E-state index is 5.32. The van der Waals surface area contributed by atoms with Crippen LogP contribution in [0, 0.1) is 0 Å². The Bertz CT molecular complexity index is 64.1. The van der Waals surface area contributed by atoms with Gasteiger partial charge in [-0.15, -0.1) is 0 Å². The smallest absolute Gasteiger partial charge is 0.00369 e. The number of nitrogens with two attached hydrogens (primary N) is 2. The molecule has 0 aromatic heterocycles. The summed E-state index contributed by atoms with van der Waals surface area (Å²) in [5.74, 6) is 0. The Kier molecular flexibility index (Phi) is 131. The highest BCUT2D eigenvalue weighted by Gasteiger charge is 1.85. The first-order chi connectivity index (χ1) is 4.91. The van der Waals surface area contributed by atoms with Crippen molar-refractivity contribution in [2.45, 2.75) is 19.3 Å². The largest absolute Gasteiger partial charge is 0.412 e. The Labute approximate surface area is 96.0 Å². The molecule has 0 aromatic rings. The van der Waals surface area contributed by atoms with E-state index in [0.29, 0.717) is 0 Å². The average molecular weight is 253 g/mol. The molecule has 9 heteroatoms. The molecule has 0 heterocycles. The maximum Gasteiger partial charge on any atom is -0.00369 e. The van der Waals surface area contributed by atoms with Crippen molar-refractivity contribution in [3.8, 4) is 0 Å². The van der Waals surface area contributed by atoms with E-state index in [1.165, 1.54) is 6.42 Å². The van der Waals surface area contributed by atoms with Crippen LogP contribution in [0.2, 0.25) is 0 Å². The Morgan fingerprint density at radius 1 is 0.562 bits per heavy atom. The number of nitrogens with one attached hydrogen (secondary N) is 1. The van der Waals surface area contributed by atoms with Gasteiger partial charge >= 0.3 is 0 Å². The molecule has 0 amide bonds. The van der Waals surface area contributed by atoms with Gasteiger partial charge in [-0.05, 0) is 45.4 Å². The van der Waals surface area contributed by atoms with Crippen molar-refractivity contribution >= 4 is 0 Å². The predicted octanol–water partition coefficient (Wildman–Crippen LogP) is -5.28. The summed E-state index contributed by atoms with van der Waals surface area (Å²) >= 11 is 0. The number of hydrogen-bond donors (Lipinski definition) is 3. The molecule has 9 nitrogen and oxygen atoms in total. The zero-order valence-electron chi connectivity index (χ0n) is 9.60. The topological polar surface area (TPSA) is 253 Å². The second kappa shape index (κ2) is 46.7. The van der Waals surface area contributed by atoms with E-state index >= 15 is 0 Å². The molecule has 0 aliphatic rings. The molecule has 0 saturated carbocycles. The lowest BCUT2D eigenvalue weighted by molar-refractivity contribution is 0.611. The second-order valence-electron chi connectivity index (χ2n) is 2.39. The highest BCUT2D eigenvalue weighted by Crippen LogP contribution is 1.81. The molecule has 0 atom stereocenters. The Morgan fingerprint density at radius 3 is 1.31 bits per heavy atom. The van der Waals surface area contributed by atoms with Crippen LogP contribution < -0.4 is 16.8 Å². The van der Waals surface area contributed by atoms with E-state index in [0.717, 1.165) is 39.0 Å². The molecule has 0 aromatic carbocycles. The zero-order chi connectivity index (χ0) is 7.66. The van der Waals surface area contributed by atoms with Gasteiger partial charge in [0.25, 0.3) is 0 Å². The molecule has 0 bridgehead atoms. The SMILES string of the molecule is NCCCCNCCCN.O.O.O.O.O.O. The summed E-state index contributed by atoms with van der Waals surface area (Å²) in [5.41, 5.74) is 10.6. The van der Waals surface area contributed by atoms with Gasteiger partial charge < -0.3 is 49.6 Å². The Hall–Kier alpha value is -0.360. The standard InChI is InChI=1S/C7H19N3.6H2O/c8-4-1-2-6-10-7-3-5-9;;;;;;/h10H,1-9H2;6*1H2. The van der Waals surface area contributed by atoms with Gasteiger partial charge in [0.1, 0.15) is 0 Å². The molecular formula is C7H31N3O6. The fraction of sp³-hybridized carbons (Fsp3) is 1.00. The summed E-state index contributed by atoms with van der Waals surface area (Å²) in [5, 5.41) is 3.29. The van der Waals surface area contributed by atoms with Crippen LogP contribution in [0.1, 0.15) is 19.3 Å². The third-order valence-corrected chi connectivity index (χ3v) is 1.37. The average Bonchev–Trinajstić information content (AvgIpc) is 1.97. The molecule has 0 saturated heterocycles. The summed E-state index contributed by atoms with van der Waals surface area (Å²) in [4.78, 5) is 0. The minimum absolute atomic E-state index is 0. The zero-order valence-corrected chi connectivity index (χ0v) is 9.60. The van der Waals surface area contributed by atoms with Crippen LogP contribution in [0.25, 0.3) is 0 Å². The van der Waals surface area contributed by atoms with E-state index in [1.807, 2.05) is 0 Å². The number of rotatable bonds is 7. The molecule has 0 rings (SSSR count). The minimum atomic E-state index is 0. The van der Waals surface area contributed by atoms with Gasteiger partial charge in [0.2, 0.25) is 0 Å². The lowest BCUT2D eigenvalue weighted by atomic mass is 10.3. The van der Waals surface area contributed by atoms with Crippen LogP contribution >= 0.6 is 0 Å². The first-order valence-corrected chi connectivity index (χ1v) is 4.02. The fourth-order valence-corrected chi connectivity index (χ4v) is 0.746. The third kappa shape index (κ3) is 49.4. The number of hydrogen-bond acceptors (Lipinski definition) is 3. The van der Waals surface area contributed by atoms with Crippen LogP contribution in [-0.4, -0.2) is 59.0 Å². The lowest BCUT2D eigenvalue weighted by Crippen LogP contribution is -2.19. The van der Waals surface area contributed by atoms with Crippen molar-refractivity contribution in [1.82, 2.24) is 5.32 Å². The lowest BCUT2D eigenvalue weighted by Gasteiger charge is -2.01. The minimum Gasteiger partial charge on any atom is -0.412 e. The summed E-state index contributed by atoms with van der Waals surface area (Å²) in [7, 11) is 0. The van der Waals surface area contributed by atoms with Gasteiger partial charge in [-0.1, -0.05) is 0 Å². The van der Waals surface area contributed by atoms with Gasteiger partial charge in [-0.3, -0.25) is 0 Å². The van der Waals surface area contributed by atoms with E-state index in [-0.39, 0.29) is 32.9 Å². The highest BCUT2D eigenvalue weighted by atomic mass is 16.0. The van der Waals surface area contributed by atoms with Crippen molar-refractivity contribution in [1.29, 1.82) is 0 Å².